The first-order chi connectivity index (χ1) is 4.84. The molecule has 0 fully saturated rings. The Morgan fingerprint density at radius 3 is 2.40 bits per heavy atom. The number of hydrogen-bond acceptors (Lipinski definition) is 1. The van der Waals surface area contributed by atoms with Crippen molar-refractivity contribution in [3.63, 3.8) is 0 Å². The molecule has 0 heterocycles. The molecule has 0 atom stereocenters. The van der Waals surface area contributed by atoms with E-state index in [1.165, 1.54) is 0 Å². The fourth-order valence-corrected chi connectivity index (χ4v) is 1.06. The first-order valence-electron chi connectivity index (χ1n) is 3.01. The second kappa shape index (κ2) is 3.55. The minimum atomic E-state index is 0.153. The van der Waals surface area contributed by atoms with Gasteiger partial charge in [-0.25, -0.2) is 0 Å². The summed E-state index contributed by atoms with van der Waals surface area (Å²) >= 11 is 2.69. The molecule has 0 aromatic heterocycles. The summed E-state index contributed by atoms with van der Waals surface area (Å²) in [6, 6.07) is 9.27. The molecule has 0 aliphatic rings. The molecule has 0 saturated heterocycles. The number of carbonyl (C=O) groups excluding carboxylic acids is 1. The normalized spacial score (nSPS) is 9.30. The van der Waals surface area contributed by atoms with Crippen molar-refractivity contribution in [2.24, 2.45) is 0 Å². The maximum atomic E-state index is 11.0. The minimum absolute atomic E-state index is 0.153. The van der Waals surface area contributed by atoms with Gasteiger partial charge >= 0.3 is 67.8 Å². The Balaban J connectivity index is 2.85. The van der Waals surface area contributed by atoms with E-state index in [1.54, 1.807) is 0 Å². The molecule has 1 aromatic carbocycles. The van der Waals surface area contributed by atoms with Gasteiger partial charge in [-0.2, -0.15) is 0 Å². The molecule has 1 radical (unpaired) electrons. The molecule has 1 nitrogen and oxygen atoms in total. The van der Waals surface area contributed by atoms with Crippen LogP contribution in [0.3, 0.4) is 0 Å². The van der Waals surface area contributed by atoms with Gasteiger partial charge in [-0.3, -0.25) is 0 Å². The summed E-state index contributed by atoms with van der Waals surface area (Å²) in [5.74, 6) is 0.153. The monoisotopic (exact) mass is 199 g/mol. The van der Waals surface area contributed by atoms with Crippen molar-refractivity contribution in [1.29, 1.82) is 0 Å². The van der Waals surface area contributed by atoms with Crippen molar-refractivity contribution < 1.29 is 4.79 Å². The van der Waals surface area contributed by atoms with Crippen LogP contribution in [0.5, 0.6) is 0 Å². The van der Waals surface area contributed by atoms with E-state index in [0.29, 0.717) is 5.32 Å². The Labute approximate surface area is 68.3 Å². The number of ketones is 1. The van der Waals surface area contributed by atoms with Crippen LogP contribution in [0.4, 0.5) is 0 Å². The van der Waals surface area contributed by atoms with E-state index in [2.05, 4.69) is 16.0 Å². The van der Waals surface area contributed by atoms with Crippen molar-refractivity contribution in [3.8, 4) is 0 Å². The third-order valence-electron chi connectivity index (χ3n) is 1.23. The van der Waals surface area contributed by atoms with Gasteiger partial charge in [0.2, 0.25) is 0 Å². The molecule has 1 rings (SSSR count). The van der Waals surface area contributed by atoms with Crippen LogP contribution in [0.25, 0.3) is 0 Å². The van der Waals surface area contributed by atoms with Gasteiger partial charge in [0.25, 0.3) is 0 Å². The van der Waals surface area contributed by atoms with E-state index < -0.39 is 0 Å². The molecule has 2 heteroatoms. The number of benzene rings is 1. The molecule has 0 aliphatic carbocycles. The number of hydrogen-bond donors (Lipinski definition) is 0. The third kappa shape index (κ3) is 1.69. The standard InChI is InChI=1S/C8H7OSe/c9-8(6-10)7-4-2-1-3-5-7/h1-5H,6H2. The fourth-order valence-electron chi connectivity index (χ4n) is 0.707. The van der Waals surface area contributed by atoms with Crippen molar-refractivity contribution in [1.82, 2.24) is 0 Å². The molecule has 0 spiro atoms. The summed E-state index contributed by atoms with van der Waals surface area (Å²) in [6.07, 6.45) is 0. The van der Waals surface area contributed by atoms with E-state index in [-0.39, 0.29) is 5.78 Å². The first-order valence-corrected chi connectivity index (χ1v) is 4.22. The summed E-state index contributed by atoms with van der Waals surface area (Å²) in [6.45, 7) is 0. The van der Waals surface area contributed by atoms with Crippen LogP contribution in [0.2, 0.25) is 5.32 Å². The predicted octanol–water partition coefficient (Wildman–Crippen LogP) is 1.46. The second-order valence-corrected chi connectivity index (χ2v) is 2.54. The molecule has 0 unspecified atom stereocenters. The molecule has 51 valence electrons. The quantitative estimate of drug-likeness (QED) is 0.519. The number of carbonyl (C=O) groups is 1. The van der Waals surface area contributed by atoms with Gasteiger partial charge in [0.15, 0.2) is 0 Å². The van der Waals surface area contributed by atoms with Gasteiger partial charge in [0.1, 0.15) is 0 Å². The van der Waals surface area contributed by atoms with Crippen LogP contribution in [0, 0.1) is 0 Å². The maximum absolute atomic E-state index is 11.0. The predicted molar refractivity (Wildman–Crippen MR) is 41.3 cm³/mol. The van der Waals surface area contributed by atoms with Crippen molar-refractivity contribution in [3.05, 3.63) is 35.9 Å². The van der Waals surface area contributed by atoms with Gasteiger partial charge in [0, 0.05) is 0 Å². The Bertz CT molecular complexity index is 218. The second-order valence-electron chi connectivity index (χ2n) is 1.93. The summed E-state index contributed by atoms with van der Waals surface area (Å²) in [4.78, 5) is 11.0. The van der Waals surface area contributed by atoms with Gasteiger partial charge in [0.05, 0.1) is 0 Å². The van der Waals surface area contributed by atoms with Crippen LogP contribution in [0.15, 0.2) is 30.3 Å². The van der Waals surface area contributed by atoms with Crippen molar-refractivity contribution in [2.45, 2.75) is 5.32 Å². The first kappa shape index (κ1) is 7.52. The summed E-state index contributed by atoms with van der Waals surface area (Å²) in [5, 5.41) is 0.462. The van der Waals surface area contributed by atoms with Crippen molar-refractivity contribution in [2.75, 3.05) is 0 Å². The van der Waals surface area contributed by atoms with E-state index in [1.807, 2.05) is 30.3 Å². The number of rotatable bonds is 2. The van der Waals surface area contributed by atoms with E-state index in [9.17, 15) is 4.79 Å². The van der Waals surface area contributed by atoms with Gasteiger partial charge < -0.3 is 0 Å². The van der Waals surface area contributed by atoms with Crippen LogP contribution in [0.1, 0.15) is 10.4 Å². The topological polar surface area (TPSA) is 17.1 Å². The van der Waals surface area contributed by atoms with Crippen LogP contribution in [-0.4, -0.2) is 21.8 Å². The van der Waals surface area contributed by atoms with Crippen LogP contribution in [-0.2, 0) is 0 Å². The molecule has 1 aromatic rings. The van der Waals surface area contributed by atoms with Crippen molar-refractivity contribution >= 4 is 21.8 Å². The summed E-state index contributed by atoms with van der Waals surface area (Å²) in [5.41, 5.74) is 0.779. The van der Waals surface area contributed by atoms with E-state index >= 15 is 0 Å². The fraction of sp³-hybridized carbons (Fsp3) is 0.125. The molecular formula is C8H7OSe. The molecular weight excluding hydrogens is 191 g/mol. The Morgan fingerprint density at radius 2 is 1.90 bits per heavy atom. The van der Waals surface area contributed by atoms with Crippen LogP contribution < -0.4 is 0 Å². The molecule has 10 heavy (non-hydrogen) atoms. The van der Waals surface area contributed by atoms with Crippen LogP contribution >= 0.6 is 0 Å². The molecule has 0 bridgehead atoms. The van der Waals surface area contributed by atoms with Gasteiger partial charge in [-0.05, 0) is 0 Å². The Hall–Kier alpha value is -0.591. The third-order valence-corrected chi connectivity index (χ3v) is 1.78. The zero-order chi connectivity index (χ0) is 7.40. The van der Waals surface area contributed by atoms with Gasteiger partial charge in [-0.15, -0.1) is 0 Å². The average Bonchev–Trinajstić information content (AvgIpc) is 2.05. The van der Waals surface area contributed by atoms with Gasteiger partial charge in [-0.1, -0.05) is 0 Å². The zero-order valence-corrected chi connectivity index (χ0v) is 7.12. The zero-order valence-electron chi connectivity index (χ0n) is 5.41. The SMILES string of the molecule is O=C(C[Se])c1ccccc1. The van der Waals surface area contributed by atoms with E-state index in [4.69, 9.17) is 0 Å². The Morgan fingerprint density at radius 1 is 1.30 bits per heavy atom. The number of Topliss-reactive ketones (excluding diaryl/α,β-unsaturated/α-hetero) is 1. The van der Waals surface area contributed by atoms with E-state index in [0.717, 1.165) is 5.56 Å². The average molecular weight is 198 g/mol. The molecule has 0 amide bonds. The summed E-state index contributed by atoms with van der Waals surface area (Å²) < 4.78 is 0. The Kier molecular flexibility index (Phi) is 2.67. The summed E-state index contributed by atoms with van der Waals surface area (Å²) in [7, 11) is 0. The molecule has 0 saturated carbocycles. The molecule has 0 N–H and O–H groups in total. The molecule has 0 aliphatic heterocycles.